The third-order valence-electron chi connectivity index (χ3n) is 5.29. The van der Waals surface area contributed by atoms with Gasteiger partial charge in [0.2, 0.25) is 0 Å². The van der Waals surface area contributed by atoms with Crippen LogP contribution in [0.3, 0.4) is 0 Å². The van der Waals surface area contributed by atoms with Gasteiger partial charge in [0.05, 0.1) is 12.7 Å². The number of ether oxygens (including phenoxy) is 2. The standard InChI is InChI=1S/C23H29N4O9P/c1-5-23(31)17(35-20(19(23)28)27-12-11-18(24)25-22(27)30)13-33-37(32,36-16-9-7-6-8-10-16)26-15(4)21(29)34-14(2)3/h1,6-12,14-15,17,19-20,28,31H,13H2,2-4H3,(H,26,32)(H2,24,25,30)/t15-,17-,19+,20-,23-,37?/m1/s1. The first-order valence-corrected chi connectivity index (χ1v) is 12.8. The topological polar surface area (TPSA) is 184 Å². The van der Waals surface area contributed by atoms with Crippen LogP contribution in [0.25, 0.3) is 0 Å². The Kier molecular flexibility index (Phi) is 8.76. The second-order valence-electron chi connectivity index (χ2n) is 8.51. The summed E-state index contributed by atoms with van der Waals surface area (Å²) in [5, 5.41) is 24.2. The summed E-state index contributed by atoms with van der Waals surface area (Å²) >= 11 is 0. The molecule has 6 atom stereocenters. The van der Waals surface area contributed by atoms with Crippen molar-refractivity contribution in [2.24, 2.45) is 0 Å². The van der Waals surface area contributed by atoms with Crippen LogP contribution in [0.5, 0.6) is 5.75 Å². The minimum Gasteiger partial charge on any atom is -0.462 e. The highest BCUT2D eigenvalue weighted by Gasteiger charge is 2.56. The van der Waals surface area contributed by atoms with Crippen LogP contribution < -0.4 is 21.0 Å². The number of carbonyl (C=O) groups excluding carboxylic acids is 1. The predicted octanol–water partition coefficient (Wildman–Crippen LogP) is 0.581. The number of terminal acetylenes is 1. The van der Waals surface area contributed by atoms with Crippen molar-refractivity contribution in [1.82, 2.24) is 14.6 Å². The van der Waals surface area contributed by atoms with Gasteiger partial charge in [0.1, 0.15) is 29.8 Å². The maximum absolute atomic E-state index is 13.7. The maximum Gasteiger partial charge on any atom is 0.459 e. The summed E-state index contributed by atoms with van der Waals surface area (Å²) in [6, 6.07) is 8.17. The molecule has 2 heterocycles. The van der Waals surface area contributed by atoms with Gasteiger partial charge in [-0.3, -0.25) is 13.9 Å². The first-order valence-electron chi connectivity index (χ1n) is 11.2. The largest absolute Gasteiger partial charge is 0.462 e. The minimum atomic E-state index is -4.33. The van der Waals surface area contributed by atoms with Gasteiger partial charge in [-0.25, -0.2) is 9.36 Å². The van der Waals surface area contributed by atoms with Crippen molar-refractivity contribution < 1.29 is 38.1 Å². The molecule has 0 aliphatic carbocycles. The fourth-order valence-electron chi connectivity index (χ4n) is 3.44. The molecule has 1 saturated heterocycles. The van der Waals surface area contributed by atoms with Crippen LogP contribution in [0.1, 0.15) is 27.0 Å². The highest BCUT2D eigenvalue weighted by Crippen LogP contribution is 2.47. The van der Waals surface area contributed by atoms with Crippen molar-refractivity contribution in [3.8, 4) is 18.1 Å². The van der Waals surface area contributed by atoms with E-state index in [9.17, 15) is 24.4 Å². The molecule has 1 aromatic carbocycles. The van der Waals surface area contributed by atoms with Crippen LogP contribution in [0.4, 0.5) is 5.82 Å². The average molecular weight is 536 g/mol. The fourth-order valence-corrected chi connectivity index (χ4v) is 4.93. The summed E-state index contributed by atoms with van der Waals surface area (Å²) in [6.07, 6.45) is 1.54. The molecule has 0 bridgehead atoms. The molecule has 37 heavy (non-hydrogen) atoms. The van der Waals surface area contributed by atoms with E-state index >= 15 is 0 Å². The van der Waals surface area contributed by atoms with E-state index in [2.05, 4.69) is 16.0 Å². The molecule has 1 fully saturated rings. The summed E-state index contributed by atoms with van der Waals surface area (Å²) in [5.41, 5.74) is 2.28. The van der Waals surface area contributed by atoms with Gasteiger partial charge in [0.25, 0.3) is 0 Å². The Labute approximate surface area is 213 Å². The average Bonchev–Trinajstić information content (AvgIpc) is 3.08. The Bertz CT molecular complexity index is 1250. The number of nitrogens with zero attached hydrogens (tertiary/aromatic N) is 2. The Hall–Kier alpha value is -3.24. The van der Waals surface area contributed by atoms with Crippen molar-refractivity contribution >= 4 is 19.5 Å². The molecule has 0 saturated carbocycles. The third kappa shape index (κ3) is 6.56. The monoisotopic (exact) mass is 536 g/mol. The molecule has 5 N–H and O–H groups in total. The van der Waals surface area contributed by atoms with Crippen molar-refractivity contribution in [1.29, 1.82) is 0 Å². The molecule has 1 aliphatic rings. The molecule has 2 aromatic rings. The summed E-state index contributed by atoms with van der Waals surface area (Å²) in [5.74, 6) is 1.44. The van der Waals surface area contributed by atoms with E-state index in [0.717, 1.165) is 4.57 Å². The summed E-state index contributed by atoms with van der Waals surface area (Å²) in [7, 11) is -4.33. The zero-order valence-corrected chi connectivity index (χ0v) is 21.3. The first kappa shape index (κ1) is 28.3. The first-order chi connectivity index (χ1) is 17.4. The van der Waals surface area contributed by atoms with Crippen LogP contribution in [-0.2, 0) is 23.4 Å². The predicted molar refractivity (Wildman–Crippen MR) is 131 cm³/mol. The number of nitrogen functional groups attached to an aromatic ring is 1. The van der Waals surface area contributed by atoms with Gasteiger partial charge in [0.15, 0.2) is 11.8 Å². The van der Waals surface area contributed by atoms with E-state index in [1.807, 2.05) is 0 Å². The van der Waals surface area contributed by atoms with Gasteiger partial charge in [-0.05, 0) is 39.0 Å². The molecule has 14 heteroatoms. The number of benzene rings is 1. The SMILES string of the molecule is C#C[C@@]1(O)[C@@H](COP(=O)(N[C@H](C)C(=O)OC(C)C)Oc2ccccc2)O[C@@H](n2ccc(N)nc2=O)[C@@H]1O. The van der Waals surface area contributed by atoms with Crippen molar-refractivity contribution in [2.45, 2.75) is 57.0 Å². The van der Waals surface area contributed by atoms with Crippen molar-refractivity contribution in [3.05, 3.63) is 53.1 Å². The van der Waals surface area contributed by atoms with E-state index in [-0.39, 0.29) is 11.6 Å². The summed E-state index contributed by atoms with van der Waals surface area (Å²) in [6.45, 7) is 4.04. The quantitative estimate of drug-likeness (QED) is 0.188. The van der Waals surface area contributed by atoms with E-state index < -0.39 is 62.2 Å². The van der Waals surface area contributed by atoms with Crippen LogP contribution in [0.2, 0.25) is 0 Å². The van der Waals surface area contributed by atoms with E-state index in [0.29, 0.717) is 0 Å². The third-order valence-corrected chi connectivity index (χ3v) is 6.94. The highest BCUT2D eigenvalue weighted by atomic mass is 31.2. The lowest BCUT2D eigenvalue weighted by atomic mass is 9.93. The van der Waals surface area contributed by atoms with Crippen molar-refractivity contribution in [2.75, 3.05) is 12.3 Å². The van der Waals surface area contributed by atoms with Crippen LogP contribution in [0, 0.1) is 12.3 Å². The molecule has 200 valence electrons. The number of aromatic nitrogens is 2. The van der Waals surface area contributed by atoms with E-state index in [1.54, 1.807) is 32.0 Å². The molecule has 1 aromatic heterocycles. The molecular weight excluding hydrogens is 507 g/mol. The van der Waals surface area contributed by atoms with Crippen LogP contribution in [0.15, 0.2) is 47.4 Å². The maximum atomic E-state index is 13.7. The number of anilines is 1. The molecule has 3 rings (SSSR count). The number of rotatable bonds is 10. The Balaban J connectivity index is 1.84. The molecule has 0 spiro atoms. The normalized spacial score (nSPS) is 25.7. The van der Waals surface area contributed by atoms with E-state index in [1.165, 1.54) is 31.3 Å². The number of esters is 1. The van der Waals surface area contributed by atoms with Gasteiger partial charge >= 0.3 is 19.4 Å². The number of hydrogen-bond acceptors (Lipinski definition) is 11. The van der Waals surface area contributed by atoms with Crippen LogP contribution in [-0.4, -0.2) is 62.3 Å². The second kappa shape index (κ2) is 11.4. The van der Waals surface area contributed by atoms with Gasteiger partial charge in [-0.15, -0.1) is 6.42 Å². The molecule has 1 unspecified atom stereocenters. The van der Waals surface area contributed by atoms with Gasteiger partial charge in [-0.2, -0.15) is 10.1 Å². The number of hydrogen-bond donors (Lipinski definition) is 4. The fraction of sp³-hybridized carbons (Fsp3) is 0.435. The lowest BCUT2D eigenvalue weighted by Crippen LogP contribution is -2.48. The Morgan fingerprint density at radius 1 is 1.35 bits per heavy atom. The van der Waals surface area contributed by atoms with Crippen LogP contribution >= 0.6 is 7.75 Å². The second-order valence-corrected chi connectivity index (χ2v) is 10.2. The molecule has 0 radical (unpaired) electrons. The van der Waals surface area contributed by atoms with Gasteiger partial charge in [-0.1, -0.05) is 24.1 Å². The molecule has 13 nitrogen and oxygen atoms in total. The number of nitrogens with one attached hydrogen (secondary N) is 1. The summed E-state index contributed by atoms with van der Waals surface area (Å²) < 4.78 is 36.4. The minimum absolute atomic E-state index is 0.0592. The Morgan fingerprint density at radius 3 is 2.62 bits per heavy atom. The Morgan fingerprint density at radius 2 is 2.03 bits per heavy atom. The summed E-state index contributed by atoms with van der Waals surface area (Å²) in [4.78, 5) is 28.1. The highest BCUT2D eigenvalue weighted by molar-refractivity contribution is 7.52. The number of para-hydroxylation sites is 1. The number of carbonyl (C=O) groups is 1. The molecule has 0 amide bonds. The smallest absolute Gasteiger partial charge is 0.459 e. The van der Waals surface area contributed by atoms with E-state index in [4.69, 9.17) is 30.7 Å². The molecular formula is C23H29N4O9P. The van der Waals surface area contributed by atoms with Crippen molar-refractivity contribution in [3.63, 3.8) is 0 Å². The lowest BCUT2D eigenvalue weighted by Gasteiger charge is -2.27. The number of aliphatic hydroxyl groups is 2. The number of aliphatic hydroxyl groups excluding tert-OH is 1. The van der Waals surface area contributed by atoms with Gasteiger partial charge in [0, 0.05) is 6.20 Å². The van der Waals surface area contributed by atoms with Gasteiger partial charge < -0.3 is 29.9 Å². The zero-order valence-electron chi connectivity index (χ0n) is 20.4. The number of nitrogens with two attached hydrogens (primary N) is 1. The zero-order chi connectivity index (χ0) is 27.4. The molecule has 1 aliphatic heterocycles. The lowest BCUT2D eigenvalue weighted by molar-refractivity contribution is -0.149.